The normalized spacial score (nSPS) is 19.7. The first kappa shape index (κ1) is 13.5. The molecule has 1 heterocycles. The Hall–Kier alpha value is -0.940. The minimum atomic E-state index is -0.806. The fourth-order valence-electron chi connectivity index (χ4n) is 2.43. The molecule has 18 heavy (non-hydrogen) atoms. The summed E-state index contributed by atoms with van der Waals surface area (Å²) >= 11 is 1.49. The molecule has 1 aliphatic rings. The summed E-state index contributed by atoms with van der Waals surface area (Å²) in [6, 6.07) is 0.392. The summed E-state index contributed by atoms with van der Waals surface area (Å²) in [5, 5.41) is 6.13. The van der Waals surface area contributed by atoms with Crippen LogP contribution in [0.4, 0.5) is 0 Å². The summed E-state index contributed by atoms with van der Waals surface area (Å²) in [7, 11) is 0. The van der Waals surface area contributed by atoms with Crippen LogP contribution in [-0.2, 0) is 15.1 Å². The molecule has 0 amide bonds. The number of hydrogen-bond donors (Lipinski definition) is 1. The number of nitrogens with zero attached hydrogens (tertiary/aromatic N) is 1. The van der Waals surface area contributed by atoms with E-state index in [2.05, 4.69) is 10.3 Å². The van der Waals surface area contributed by atoms with E-state index < -0.39 is 5.54 Å². The zero-order valence-electron chi connectivity index (χ0n) is 10.9. The topological polar surface area (TPSA) is 51.2 Å². The van der Waals surface area contributed by atoms with Crippen molar-refractivity contribution in [3.8, 4) is 0 Å². The van der Waals surface area contributed by atoms with E-state index in [-0.39, 0.29) is 5.97 Å². The number of ether oxygens (including phenoxy) is 1. The number of rotatable bonds is 5. The molecule has 0 saturated heterocycles. The predicted molar refractivity (Wildman–Crippen MR) is 71.5 cm³/mol. The first-order valence-corrected chi connectivity index (χ1v) is 7.39. The van der Waals surface area contributed by atoms with Crippen molar-refractivity contribution >= 4 is 17.3 Å². The lowest BCUT2D eigenvalue weighted by atomic mass is 10.0. The SMILES string of the molecule is CCOC(=O)C(C)(NC1CCCC1)c1nccs1. The van der Waals surface area contributed by atoms with E-state index in [1.165, 1.54) is 24.2 Å². The molecule has 5 heteroatoms. The van der Waals surface area contributed by atoms with Crippen molar-refractivity contribution in [3.63, 3.8) is 0 Å². The highest BCUT2D eigenvalue weighted by Crippen LogP contribution is 2.29. The van der Waals surface area contributed by atoms with Gasteiger partial charge in [0, 0.05) is 17.6 Å². The van der Waals surface area contributed by atoms with Gasteiger partial charge in [0.1, 0.15) is 5.01 Å². The minimum Gasteiger partial charge on any atom is -0.464 e. The van der Waals surface area contributed by atoms with E-state index in [1.54, 1.807) is 6.20 Å². The Balaban J connectivity index is 2.18. The zero-order valence-corrected chi connectivity index (χ0v) is 11.8. The molecule has 1 aromatic heterocycles. The van der Waals surface area contributed by atoms with Crippen LogP contribution in [0.25, 0.3) is 0 Å². The highest BCUT2D eigenvalue weighted by molar-refractivity contribution is 7.09. The zero-order chi connectivity index (χ0) is 13.0. The molecule has 0 spiro atoms. The molecule has 4 nitrogen and oxygen atoms in total. The Morgan fingerprint density at radius 2 is 2.33 bits per heavy atom. The highest BCUT2D eigenvalue weighted by atomic mass is 32.1. The van der Waals surface area contributed by atoms with E-state index in [0.717, 1.165) is 17.8 Å². The van der Waals surface area contributed by atoms with Crippen LogP contribution in [0.5, 0.6) is 0 Å². The van der Waals surface area contributed by atoms with Gasteiger partial charge in [-0.05, 0) is 26.7 Å². The molecule has 1 unspecified atom stereocenters. The lowest BCUT2D eigenvalue weighted by molar-refractivity contribution is -0.151. The van der Waals surface area contributed by atoms with Crippen LogP contribution in [0, 0.1) is 0 Å². The van der Waals surface area contributed by atoms with Crippen LogP contribution in [0.2, 0.25) is 0 Å². The number of aromatic nitrogens is 1. The fraction of sp³-hybridized carbons (Fsp3) is 0.692. The minimum absolute atomic E-state index is 0.230. The average molecular weight is 268 g/mol. The average Bonchev–Trinajstić information content (AvgIpc) is 3.01. The van der Waals surface area contributed by atoms with E-state index in [9.17, 15) is 4.79 Å². The number of carbonyl (C=O) groups is 1. The Morgan fingerprint density at radius 3 is 2.89 bits per heavy atom. The van der Waals surface area contributed by atoms with Crippen LogP contribution in [0.1, 0.15) is 44.5 Å². The van der Waals surface area contributed by atoms with Gasteiger partial charge in [-0.15, -0.1) is 11.3 Å². The number of carbonyl (C=O) groups excluding carboxylic acids is 1. The third-order valence-electron chi connectivity index (χ3n) is 3.39. The van der Waals surface area contributed by atoms with Gasteiger partial charge in [0.05, 0.1) is 6.61 Å². The molecular weight excluding hydrogens is 248 g/mol. The molecule has 0 aliphatic heterocycles. The highest BCUT2D eigenvalue weighted by Gasteiger charge is 2.41. The van der Waals surface area contributed by atoms with Crippen molar-refractivity contribution in [2.45, 2.75) is 51.1 Å². The van der Waals surface area contributed by atoms with Crippen LogP contribution >= 0.6 is 11.3 Å². The van der Waals surface area contributed by atoms with E-state index in [4.69, 9.17) is 4.74 Å². The third-order valence-corrected chi connectivity index (χ3v) is 4.39. The summed E-state index contributed by atoms with van der Waals surface area (Å²) in [6.45, 7) is 4.10. The second kappa shape index (κ2) is 5.80. The monoisotopic (exact) mass is 268 g/mol. The number of nitrogens with one attached hydrogen (secondary N) is 1. The number of thiazole rings is 1. The van der Waals surface area contributed by atoms with E-state index >= 15 is 0 Å². The summed E-state index contributed by atoms with van der Waals surface area (Å²) in [5.74, 6) is -0.230. The fourth-order valence-corrected chi connectivity index (χ4v) is 3.18. The van der Waals surface area contributed by atoms with Gasteiger partial charge in [0.2, 0.25) is 0 Å². The standard InChI is InChI=1S/C13H20N2O2S/c1-3-17-12(16)13(2,11-14-8-9-18-11)15-10-6-4-5-7-10/h8-10,15H,3-7H2,1-2H3. The molecule has 1 fully saturated rings. The summed E-state index contributed by atoms with van der Waals surface area (Å²) in [4.78, 5) is 16.5. The Morgan fingerprint density at radius 1 is 1.61 bits per heavy atom. The molecule has 0 aromatic carbocycles. The first-order valence-electron chi connectivity index (χ1n) is 6.51. The summed E-state index contributed by atoms with van der Waals surface area (Å²) in [5.41, 5.74) is -0.806. The van der Waals surface area contributed by atoms with Gasteiger partial charge in [0.25, 0.3) is 0 Å². The quantitative estimate of drug-likeness (QED) is 0.833. The molecule has 0 radical (unpaired) electrons. The molecule has 100 valence electrons. The van der Waals surface area contributed by atoms with E-state index in [1.807, 2.05) is 19.2 Å². The molecule has 1 aliphatic carbocycles. The Kier molecular flexibility index (Phi) is 4.35. The van der Waals surface area contributed by atoms with Gasteiger partial charge in [0.15, 0.2) is 5.54 Å². The van der Waals surface area contributed by atoms with Crippen LogP contribution in [0.15, 0.2) is 11.6 Å². The van der Waals surface area contributed by atoms with Crippen molar-refractivity contribution in [1.29, 1.82) is 0 Å². The van der Waals surface area contributed by atoms with Crippen molar-refractivity contribution in [1.82, 2.24) is 10.3 Å². The Labute approximate surface area is 112 Å². The van der Waals surface area contributed by atoms with Crippen molar-refractivity contribution in [3.05, 3.63) is 16.6 Å². The van der Waals surface area contributed by atoms with Crippen LogP contribution in [0.3, 0.4) is 0 Å². The number of hydrogen-bond acceptors (Lipinski definition) is 5. The van der Waals surface area contributed by atoms with Gasteiger partial charge in [-0.1, -0.05) is 12.8 Å². The second-order valence-corrected chi connectivity index (χ2v) is 5.70. The maximum Gasteiger partial charge on any atom is 0.333 e. The van der Waals surface area contributed by atoms with Crippen molar-refractivity contribution in [2.24, 2.45) is 0 Å². The summed E-state index contributed by atoms with van der Waals surface area (Å²) in [6.07, 6.45) is 6.44. The van der Waals surface area contributed by atoms with E-state index in [0.29, 0.717) is 12.6 Å². The van der Waals surface area contributed by atoms with Gasteiger partial charge in [-0.25, -0.2) is 9.78 Å². The van der Waals surface area contributed by atoms with Crippen LogP contribution < -0.4 is 5.32 Å². The summed E-state index contributed by atoms with van der Waals surface area (Å²) < 4.78 is 5.21. The second-order valence-electron chi connectivity index (χ2n) is 4.81. The molecule has 1 atom stereocenters. The largest absolute Gasteiger partial charge is 0.464 e. The lowest BCUT2D eigenvalue weighted by Gasteiger charge is -2.29. The van der Waals surface area contributed by atoms with Crippen molar-refractivity contribution < 1.29 is 9.53 Å². The maximum absolute atomic E-state index is 12.2. The van der Waals surface area contributed by atoms with Gasteiger partial charge in [-0.3, -0.25) is 5.32 Å². The van der Waals surface area contributed by atoms with Gasteiger partial charge < -0.3 is 4.74 Å². The predicted octanol–water partition coefficient (Wildman–Crippen LogP) is 2.45. The third kappa shape index (κ3) is 2.72. The molecule has 1 N–H and O–H groups in total. The number of esters is 1. The lowest BCUT2D eigenvalue weighted by Crippen LogP contribution is -2.51. The molecule has 2 rings (SSSR count). The molecular formula is C13H20N2O2S. The molecule has 1 saturated carbocycles. The van der Waals surface area contributed by atoms with Gasteiger partial charge in [-0.2, -0.15) is 0 Å². The molecule has 1 aromatic rings. The molecule has 0 bridgehead atoms. The van der Waals surface area contributed by atoms with Gasteiger partial charge >= 0.3 is 5.97 Å². The smallest absolute Gasteiger partial charge is 0.333 e. The Bertz CT molecular complexity index is 388. The maximum atomic E-state index is 12.2. The van der Waals surface area contributed by atoms with Crippen LogP contribution in [-0.4, -0.2) is 23.6 Å². The van der Waals surface area contributed by atoms with Crippen molar-refractivity contribution in [2.75, 3.05) is 6.61 Å². The first-order chi connectivity index (χ1) is 8.66.